The molecule has 1 heterocycles. The Kier molecular flexibility index (Phi) is 3.51. The average Bonchev–Trinajstić information content (AvgIpc) is 2.98. The Bertz CT molecular complexity index is 1070. The number of benzene rings is 3. The fourth-order valence-electron chi connectivity index (χ4n) is 2.83. The second-order valence-corrected chi connectivity index (χ2v) is 5.92. The number of hydrogen-bond acceptors (Lipinski definition) is 2. The van der Waals surface area contributed by atoms with Crippen molar-refractivity contribution in [1.82, 2.24) is 0 Å². The minimum Gasteiger partial charge on any atom is -0.456 e. The van der Waals surface area contributed by atoms with Crippen LogP contribution in [0.4, 0.5) is 0 Å². The number of ketones is 1. The van der Waals surface area contributed by atoms with E-state index in [0.717, 1.165) is 33.1 Å². The molecule has 0 fully saturated rings. The molecule has 3 aromatic carbocycles. The van der Waals surface area contributed by atoms with Gasteiger partial charge in [-0.2, -0.15) is 0 Å². The minimum absolute atomic E-state index is 0.00662. The van der Waals surface area contributed by atoms with E-state index in [9.17, 15) is 4.79 Å². The minimum atomic E-state index is 0.00662. The summed E-state index contributed by atoms with van der Waals surface area (Å²) < 4.78 is 5.82. The summed E-state index contributed by atoms with van der Waals surface area (Å²) in [4.78, 5) is 12.2. The number of hydrogen-bond donors (Lipinski definition) is 0. The van der Waals surface area contributed by atoms with E-state index in [4.69, 9.17) is 4.42 Å². The smallest absolute Gasteiger partial charge is 0.185 e. The summed E-state index contributed by atoms with van der Waals surface area (Å²) in [5, 5.41) is 2.16. The lowest BCUT2D eigenvalue weighted by Gasteiger charge is -1.97. The maximum atomic E-state index is 12.2. The normalized spacial score (nSPS) is 11.5. The summed E-state index contributed by atoms with van der Waals surface area (Å²) in [6.07, 6.45) is 3.47. The van der Waals surface area contributed by atoms with Gasteiger partial charge in [0, 0.05) is 16.3 Å². The Hall–Kier alpha value is -3.13. The number of para-hydroxylation sites is 1. The SMILES string of the molecule is Cc1ccc(C(=O)C=Cc2ccc3oc4ccccc4c3c2)cc1. The Morgan fingerprint density at radius 2 is 1.62 bits per heavy atom. The molecule has 0 spiro atoms. The van der Waals surface area contributed by atoms with Crippen LogP contribution in [0.25, 0.3) is 28.0 Å². The third kappa shape index (κ3) is 2.63. The van der Waals surface area contributed by atoms with Gasteiger partial charge in [0.15, 0.2) is 5.78 Å². The van der Waals surface area contributed by atoms with Crippen LogP contribution >= 0.6 is 0 Å². The largest absolute Gasteiger partial charge is 0.456 e. The molecule has 0 amide bonds. The molecule has 0 aliphatic rings. The number of carbonyl (C=O) groups is 1. The van der Waals surface area contributed by atoms with Crippen molar-refractivity contribution >= 4 is 33.8 Å². The summed E-state index contributed by atoms with van der Waals surface area (Å²) in [5.74, 6) is 0.00662. The summed E-state index contributed by atoms with van der Waals surface area (Å²) in [5.41, 5.74) is 4.57. The van der Waals surface area contributed by atoms with Gasteiger partial charge in [-0.15, -0.1) is 0 Å². The van der Waals surface area contributed by atoms with Crippen molar-refractivity contribution in [2.75, 3.05) is 0 Å². The summed E-state index contributed by atoms with van der Waals surface area (Å²) in [6.45, 7) is 2.01. The molecular formula is C22H16O2. The highest BCUT2D eigenvalue weighted by molar-refractivity contribution is 6.08. The van der Waals surface area contributed by atoms with Crippen molar-refractivity contribution in [2.24, 2.45) is 0 Å². The molecule has 116 valence electrons. The lowest BCUT2D eigenvalue weighted by molar-refractivity contribution is 0.104. The number of carbonyl (C=O) groups excluding carboxylic acids is 1. The van der Waals surface area contributed by atoms with Crippen LogP contribution in [0.2, 0.25) is 0 Å². The third-order valence-corrected chi connectivity index (χ3v) is 4.16. The molecule has 2 heteroatoms. The van der Waals surface area contributed by atoms with Crippen LogP contribution in [0.5, 0.6) is 0 Å². The van der Waals surface area contributed by atoms with Crippen molar-refractivity contribution in [2.45, 2.75) is 6.92 Å². The van der Waals surface area contributed by atoms with Gasteiger partial charge in [0.05, 0.1) is 0 Å². The fraction of sp³-hybridized carbons (Fsp3) is 0.0455. The first kappa shape index (κ1) is 14.5. The van der Waals surface area contributed by atoms with Crippen LogP contribution in [-0.4, -0.2) is 5.78 Å². The van der Waals surface area contributed by atoms with Crippen molar-refractivity contribution in [1.29, 1.82) is 0 Å². The van der Waals surface area contributed by atoms with Crippen LogP contribution in [0, 0.1) is 6.92 Å². The van der Waals surface area contributed by atoms with Gasteiger partial charge in [0.1, 0.15) is 11.2 Å². The van der Waals surface area contributed by atoms with E-state index < -0.39 is 0 Å². The molecule has 4 rings (SSSR count). The first-order valence-electron chi connectivity index (χ1n) is 7.91. The van der Waals surface area contributed by atoms with Crippen LogP contribution < -0.4 is 0 Å². The third-order valence-electron chi connectivity index (χ3n) is 4.16. The molecule has 0 saturated heterocycles. The van der Waals surface area contributed by atoms with Gasteiger partial charge in [-0.3, -0.25) is 4.79 Å². The highest BCUT2D eigenvalue weighted by Gasteiger charge is 2.06. The molecular weight excluding hydrogens is 296 g/mol. The zero-order valence-electron chi connectivity index (χ0n) is 13.3. The van der Waals surface area contributed by atoms with Crippen LogP contribution in [0.1, 0.15) is 21.5 Å². The summed E-state index contributed by atoms with van der Waals surface area (Å²) in [6, 6.07) is 21.6. The molecule has 0 aliphatic heterocycles. The van der Waals surface area contributed by atoms with Crippen LogP contribution in [-0.2, 0) is 0 Å². The molecule has 24 heavy (non-hydrogen) atoms. The molecule has 0 radical (unpaired) electrons. The average molecular weight is 312 g/mol. The number of fused-ring (bicyclic) bond motifs is 3. The number of aryl methyl sites for hydroxylation is 1. The van der Waals surface area contributed by atoms with E-state index in [2.05, 4.69) is 6.07 Å². The molecule has 0 N–H and O–H groups in total. The van der Waals surface area contributed by atoms with E-state index in [1.54, 1.807) is 6.08 Å². The monoisotopic (exact) mass is 312 g/mol. The molecule has 1 aromatic heterocycles. The highest BCUT2D eigenvalue weighted by Crippen LogP contribution is 2.29. The predicted molar refractivity (Wildman–Crippen MR) is 98.3 cm³/mol. The Morgan fingerprint density at radius 1 is 0.875 bits per heavy atom. The lowest BCUT2D eigenvalue weighted by atomic mass is 10.1. The number of allylic oxidation sites excluding steroid dienone is 1. The van der Waals surface area contributed by atoms with E-state index >= 15 is 0 Å². The zero-order chi connectivity index (χ0) is 16.5. The number of rotatable bonds is 3. The number of furan rings is 1. The molecule has 0 saturated carbocycles. The van der Waals surface area contributed by atoms with Gasteiger partial charge in [0.2, 0.25) is 0 Å². The molecule has 0 unspecified atom stereocenters. The van der Waals surface area contributed by atoms with Crippen molar-refractivity contribution in [3.63, 3.8) is 0 Å². The topological polar surface area (TPSA) is 30.2 Å². The fourth-order valence-corrected chi connectivity index (χ4v) is 2.83. The van der Waals surface area contributed by atoms with Gasteiger partial charge in [-0.1, -0.05) is 60.2 Å². The summed E-state index contributed by atoms with van der Waals surface area (Å²) in [7, 11) is 0. The Morgan fingerprint density at radius 3 is 2.46 bits per heavy atom. The van der Waals surface area contributed by atoms with Gasteiger partial charge in [-0.25, -0.2) is 0 Å². The van der Waals surface area contributed by atoms with Crippen molar-refractivity contribution in [3.8, 4) is 0 Å². The quantitative estimate of drug-likeness (QED) is 0.354. The van der Waals surface area contributed by atoms with E-state index in [-0.39, 0.29) is 5.78 Å². The van der Waals surface area contributed by atoms with Gasteiger partial charge < -0.3 is 4.42 Å². The lowest BCUT2D eigenvalue weighted by Crippen LogP contribution is -1.93. The van der Waals surface area contributed by atoms with Crippen molar-refractivity contribution in [3.05, 3.63) is 89.5 Å². The Balaban J connectivity index is 1.67. The van der Waals surface area contributed by atoms with Crippen LogP contribution in [0.3, 0.4) is 0 Å². The molecule has 0 aliphatic carbocycles. The second kappa shape index (κ2) is 5.82. The first-order valence-corrected chi connectivity index (χ1v) is 7.91. The summed E-state index contributed by atoms with van der Waals surface area (Å²) >= 11 is 0. The Labute approximate surface area is 140 Å². The van der Waals surface area contributed by atoms with Gasteiger partial charge in [0.25, 0.3) is 0 Å². The van der Waals surface area contributed by atoms with Gasteiger partial charge >= 0.3 is 0 Å². The first-order chi connectivity index (χ1) is 11.7. The molecule has 2 nitrogen and oxygen atoms in total. The maximum Gasteiger partial charge on any atom is 0.185 e. The van der Waals surface area contributed by atoms with E-state index in [1.807, 2.05) is 73.7 Å². The van der Waals surface area contributed by atoms with Crippen LogP contribution in [0.15, 0.2) is 77.2 Å². The molecule has 0 bridgehead atoms. The molecule has 0 atom stereocenters. The van der Waals surface area contributed by atoms with E-state index in [0.29, 0.717) is 5.56 Å². The zero-order valence-corrected chi connectivity index (χ0v) is 13.3. The second-order valence-electron chi connectivity index (χ2n) is 5.92. The van der Waals surface area contributed by atoms with E-state index in [1.165, 1.54) is 0 Å². The van der Waals surface area contributed by atoms with Crippen molar-refractivity contribution < 1.29 is 9.21 Å². The highest BCUT2D eigenvalue weighted by atomic mass is 16.3. The van der Waals surface area contributed by atoms with Gasteiger partial charge in [-0.05, 0) is 36.8 Å². The molecule has 4 aromatic rings. The maximum absolute atomic E-state index is 12.2. The standard InChI is InChI=1S/C22H16O2/c1-15-6-10-17(11-7-15)20(23)12-8-16-9-13-22-19(14-16)18-4-2-3-5-21(18)24-22/h2-14H,1H3. The predicted octanol–water partition coefficient (Wildman–Crippen LogP) is 5.79.